The molecule has 0 bridgehead atoms. The molecule has 4 nitrogen and oxygen atoms in total. The second-order valence-corrected chi connectivity index (χ2v) is 5.52. The summed E-state index contributed by atoms with van der Waals surface area (Å²) in [5.74, 6) is 0.855. The molecule has 22 heavy (non-hydrogen) atoms. The Morgan fingerprint density at radius 2 is 2.09 bits per heavy atom. The normalized spacial score (nSPS) is 16.3. The first kappa shape index (κ1) is 14.4. The number of anilines is 1. The molecule has 0 aliphatic carbocycles. The molecule has 0 radical (unpaired) electrons. The van der Waals surface area contributed by atoms with E-state index >= 15 is 0 Å². The van der Waals surface area contributed by atoms with Gasteiger partial charge in [0, 0.05) is 17.7 Å². The third-order valence-electron chi connectivity index (χ3n) is 3.76. The van der Waals surface area contributed by atoms with Crippen LogP contribution >= 0.6 is 0 Å². The molecule has 0 spiro atoms. The zero-order valence-corrected chi connectivity index (χ0v) is 12.6. The first-order chi connectivity index (χ1) is 10.7. The van der Waals surface area contributed by atoms with Gasteiger partial charge in [0.1, 0.15) is 5.75 Å². The lowest BCUT2D eigenvalue weighted by Gasteiger charge is -2.26. The van der Waals surface area contributed by atoms with E-state index in [1.54, 1.807) is 0 Å². The van der Waals surface area contributed by atoms with Crippen LogP contribution in [0.5, 0.6) is 5.75 Å². The largest absolute Gasteiger partial charge is 0.493 e. The monoisotopic (exact) mass is 296 g/mol. The minimum atomic E-state index is -0.0109. The molecule has 0 aromatic heterocycles. The number of amides is 1. The molecule has 1 aliphatic heterocycles. The SMILES string of the molecule is Cc1cccc(NCC(=O)NC2CCOc3ccccc32)c1. The number of para-hydroxylation sites is 1. The van der Waals surface area contributed by atoms with Crippen molar-refractivity contribution in [1.29, 1.82) is 0 Å². The molecule has 3 rings (SSSR count). The predicted molar refractivity (Wildman–Crippen MR) is 87.1 cm³/mol. The number of hydrogen-bond donors (Lipinski definition) is 2. The molecular formula is C18H20N2O2. The van der Waals surface area contributed by atoms with Crippen LogP contribution in [0.4, 0.5) is 5.69 Å². The third kappa shape index (κ3) is 3.39. The van der Waals surface area contributed by atoms with E-state index in [-0.39, 0.29) is 18.5 Å². The maximum atomic E-state index is 12.2. The smallest absolute Gasteiger partial charge is 0.239 e. The van der Waals surface area contributed by atoms with E-state index in [9.17, 15) is 4.79 Å². The lowest BCUT2D eigenvalue weighted by Crippen LogP contribution is -2.35. The average molecular weight is 296 g/mol. The summed E-state index contributed by atoms with van der Waals surface area (Å²) in [6.07, 6.45) is 0.799. The van der Waals surface area contributed by atoms with Gasteiger partial charge in [-0.1, -0.05) is 30.3 Å². The molecule has 2 N–H and O–H groups in total. The van der Waals surface area contributed by atoms with Crippen molar-refractivity contribution in [2.45, 2.75) is 19.4 Å². The first-order valence-corrected chi connectivity index (χ1v) is 7.54. The number of rotatable bonds is 4. The highest BCUT2D eigenvalue weighted by Gasteiger charge is 2.22. The van der Waals surface area contributed by atoms with Gasteiger partial charge in [0.15, 0.2) is 0 Å². The maximum Gasteiger partial charge on any atom is 0.239 e. The lowest BCUT2D eigenvalue weighted by atomic mass is 10.0. The molecule has 1 atom stereocenters. The maximum absolute atomic E-state index is 12.2. The van der Waals surface area contributed by atoms with Gasteiger partial charge in [0.05, 0.1) is 19.2 Å². The van der Waals surface area contributed by atoms with Gasteiger partial charge in [-0.25, -0.2) is 0 Å². The number of hydrogen-bond acceptors (Lipinski definition) is 3. The summed E-state index contributed by atoms with van der Waals surface area (Å²) >= 11 is 0. The molecule has 0 saturated heterocycles. The second kappa shape index (κ2) is 6.52. The molecule has 0 fully saturated rings. The zero-order chi connectivity index (χ0) is 15.4. The van der Waals surface area contributed by atoms with Crippen LogP contribution in [0.3, 0.4) is 0 Å². The van der Waals surface area contributed by atoms with E-state index < -0.39 is 0 Å². The van der Waals surface area contributed by atoms with Gasteiger partial charge in [0.25, 0.3) is 0 Å². The summed E-state index contributed by atoms with van der Waals surface area (Å²) < 4.78 is 5.61. The van der Waals surface area contributed by atoms with Crippen molar-refractivity contribution in [3.8, 4) is 5.75 Å². The fourth-order valence-corrected chi connectivity index (χ4v) is 2.67. The minimum absolute atomic E-state index is 0.0109. The second-order valence-electron chi connectivity index (χ2n) is 5.52. The lowest BCUT2D eigenvalue weighted by molar-refractivity contribution is -0.120. The summed E-state index contributed by atoms with van der Waals surface area (Å²) in [6.45, 7) is 2.93. The summed E-state index contributed by atoms with van der Waals surface area (Å²) in [7, 11) is 0. The van der Waals surface area contributed by atoms with Crippen molar-refractivity contribution in [2.75, 3.05) is 18.5 Å². The Morgan fingerprint density at radius 3 is 2.95 bits per heavy atom. The van der Waals surface area contributed by atoms with Gasteiger partial charge < -0.3 is 15.4 Å². The Morgan fingerprint density at radius 1 is 1.23 bits per heavy atom. The number of benzene rings is 2. The van der Waals surface area contributed by atoms with Crippen LogP contribution in [0, 0.1) is 6.92 Å². The van der Waals surface area contributed by atoms with Crippen molar-refractivity contribution < 1.29 is 9.53 Å². The van der Waals surface area contributed by atoms with Crippen LogP contribution in [0.15, 0.2) is 48.5 Å². The van der Waals surface area contributed by atoms with Crippen molar-refractivity contribution in [3.05, 3.63) is 59.7 Å². The fourth-order valence-electron chi connectivity index (χ4n) is 2.67. The highest BCUT2D eigenvalue weighted by Crippen LogP contribution is 2.31. The highest BCUT2D eigenvalue weighted by molar-refractivity contribution is 5.81. The van der Waals surface area contributed by atoms with Crippen molar-refractivity contribution in [1.82, 2.24) is 5.32 Å². The molecule has 0 saturated carbocycles. The molecule has 2 aromatic carbocycles. The quantitative estimate of drug-likeness (QED) is 0.911. The van der Waals surface area contributed by atoms with E-state index in [0.717, 1.165) is 23.4 Å². The van der Waals surface area contributed by atoms with E-state index in [1.807, 2.05) is 55.5 Å². The van der Waals surface area contributed by atoms with E-state index in [0.29, 0.717) is 6.61 Å². The minimum Gasteiger partial charge on any atom is -0.493 e. The number of carbonyl (C=O) groups is 1. The Hall–Kier alpha value is -2.49. The number of aryl methyl sites for hydroxylation is 1. The molecule has 2 aromatic rings. The third-order valence-corrected chi connectivity index (χ3v) is 3.76. The predicted octanol–water partition coefficient (Wildman–Crippen LogP) is 3.05. The Bertz CT molecular complexity index is 670. The van der Waals surface area contributed by atoms with E-state index in [4.69, 9.17) is 4.74 Å². The number of ether oxygens (including phenoxy) is 1. The van der Waals surface area contributed by atoms with Gasteiger partial charge in [0.2, 0.25) is 5.91 Å². The summed E-state index contributed by atoms with van der Waals surface area (Å²) in [5.41, 5.74) is 3.18. The van der Waals surface area contributed by atoms with Crippen LogP contribution in [0.25, 0.3) is 0 Å². The summed E-state index contributed by atoms with van der Waals surface area (Å²) in [6, 6.07) is 15.9. The molecule has 4 heteroatoms. The van der Waals surface area contributed by atoms with E-state index in [2.05, 4.69) is 10.6 Å². The van der Waals surface area contributed by atoms with Crippen LogP contribution in [-0.2, 0) is 4.79 Å². The van der Waals surface area contributed by atoms with Crippen LogP contribution in [0.1, 0.15) is 23.6 Å². The molecule has 1 aliphatic rings. The van der Waals surface area contributed by atoms with Gasteiger partial charge in [-0.05, 0) is 30.7 Å². The first-order valence-electron chi connectivity index (χ1n) is 7.54. The van der Waals surface area contributed by atoms with Crippen molar-refractivity contribution >= 4 is 11.6 Å². The molecule has 114 valence electrons. The molecular weight excluding hydrogens is 276 g/mol. The standard InChI is InChI=1S/C18H20N2O2/c1-13-5-4-6-14(11-13)19-12-18(21)20-16-9-10-22-17-8-3-2-7-15(16)17/h2-8,11,16,19H,9-10,12H2,1H3,(H,20,21). The van der Waals surface area contributed by atoms with Gasteiger partial charge in [-0.2, -0.15) is 0 Å². The number of nitrogens with one attached hydrogen (secondary N) is 2. The average Bonchev–Trinajstić information content (AvgIpc) is 2.53. The van der Waals surface area contributed by atoms with E-state index in [1.165, 1.54) is 5.56 Å². The van der Waals surface area contributed by atoms with Gasteiger partial charge in [-0.15, -0.1) is 0 Å². The van der Waals surface area contributed by atoms with Crippen molar-refractivity contribution in [3.63, 3.8) is 0 Å². The highest BCUT2D eigenvalue weighted by atomic mass is 16.5. The summed E-state index contributed by atoms with van der Waals surface area (Å²) in [4.78, 5) is 12.2. The molecule has 1 heterocycles. The summed E-state index contributed by atoms with van der Waals surface area (Å²) in [5, 5.41) is 6.23. The van der Waals surface area contributed by atoms with Crippen LogP contribution in [0.2, 0.25) is 0 Å². The number of fused-ring (bicyclic) bond motifs is 1. The topological polar surface area (TPSA) is 50.4 Å². The Balaban J connectivity index is 1.59. The Labute approximate surface area is 130 Å². The number of carbonyl (C=O) groups excluding carboxylic acids is 1. The van der Waals surface area contributed by atoms with Crippen LogP contribution < -0.4 is 15.4 Å². The molecule has 1 amide bonds. The Kier molecular flexibility index (Phi) is 4.28. The fraction of sp³-hybridized carbons (Fsp3) is 0.278. The van der Waals surface area contributed by atoms with Gasteiger partial charge >= 0.3 is 0 Å². The molecule has 1 unspecified atom stereocenters. The van der Waals surface area contributed by atoms with Crippen LogP contribution in [-0.4, -0.2) is 19.1 Å². The van der Waals surface area contributed by atoms with Crippen molar-refractivity contribution in [2.24, 2.45) is 0 Å². The van der Waals surface area contributed by atoms with Gasteiger partial charge in [-0.3, -0.25) is 4.79 Å². The zero-order valence-electron chi connectivity index (χ0n) is 12.6.